The first kappa shape index (κ1) is 13.6. The van der Waals surface area contributed by atoms with Gasteiger partial charge in [-0.25, -0.2) is 0 Å². The Balaban J connectivity index is 1.97. The molecule has 5 heteroatoms. The van der Waals surface area contributed by atoms with E-state index in [1.807, 2.05) is 18.2 Å². The van der Waals surface area contributed by atoms with Crippen LogP contribution in [-0.2, 0) is 11.2 Å². The third-order valence-corrected chi connectivity index (χ3v) is 4.25. The van der Waals surface area contributed by atoms with Crippen molar-refractivity contribution in [2.24, 2.45) is 0 Å². The first-order chi connectivity index (χ1) is 9.54. The van der Waals surface area contributed by atoms with E-state index in [0.717, 1.165) is 26.9 Å². The fourth-order valence-electron chi connectivity index (χ4n) is 2.32. The Bertz CT molecular complexity index is 702. The summed E-state index contributed by atoms with van der Waals surface area (Å²) in [6, 6.07) is 10.8. The van der Waals surface area contributed by atoms with Gasteiger partial charge in [-0.05, 0) is 34.9 Å². The van der Waals surface area contributed by atoms with Crippen LogP contribution in [-0.4, -0.2) is 11.0 Å². The molecule has 1 unspecified atom stereocenters. The molecule has 0 radical (unpaired) electrons. The molecule has 3 rings (SSSR count). The minimum absolute atomic E-state index is 0.0145. The highest BCUT2D eigenvalue weighted by atomic mass is 79.9. The quantitative estimate of drug-likeness (QED) is 0.866. The third kappa shape index (κ3) is 2.46. The lowest BCUT2D eigenvalue weighted by atomic mass is 9.99. The topological polar surface area (TPSA) is 49.3 Å². The monoisotopic (exact) mass is 351 g/mol. The maximum Gasteiger partial charge on any atom is 0.228 e. The Morgan fingerprint density at radius 1 is 1.25 bits per heavy atom. The second-order valence-electron chi connectivity index (χ2n) is 4.71. The molecule has 3 nitrogen and oxygen atoms in total. The average molecular weight is 353 g/mol. The molecule has 2 N–H and O–H groups in total. The molecule has 1 aliphatic heterocycles. The zero-order chi connectivity index (χ0) is 14.3. The number of benzene rings is 2. The first-order valence-corrected chi connectivity index (χ1v) is 7.27. The standard InChI is InChI=1S/C15H11BrClNO2/c16-12-7-10(17)2-3-11(12)15(20)8-1-4-13-9(5-8)6-14(19)18-13/h1-5,7,15,20H,6H2,(H,18,19). The largest absolute Gasteiger partial charge is 0.384 e. The van der Waals surface area contributed by atoms with Crippen LogP contribution in [0.4, 0.5) is 5.69 Å². The maximum absolute atomic E-state index is 11.3. The van der Waals surface area contributed by atoms with Crippen LogP contribution < -0.4 is 5.32 Å². The summed E-state index contributed by atoms with van der Waals surface area (Å²) >= 11 is 9.31. The summed E-state index contributed by atoms with van der Waals surface area (Å²) < 4.78 is 0.757. The number of anilines is 1. The summed E-state index contributed by atoms with van der Waals surface area (Å²) in [5.74, 6) is -0.0145. The fourth-order valence-corrected chi connectivity index (χ4v) is 3.22. The van der Waals surface area contributed by atoms with Gasteiger partial charge in [0.2, 0.25) is 5.91 Å². The van der Waals surface area contributed by atoms with Crippen LogP contribution in [0.2, 0.25) is 5.02 Å². The predicted octanol–water partition coefficient (Wildman–Crippen LogP) is 3.68. The van der Waals surface area contributed by atoms with Gasteiger partial charge in [0, 0.05) is 15.2 Å². The lowest BCUT2D eigenvalue weighted by Gasteiger charge is -2.14. The number of amides is 1. The van der Waals surface area contributed by atoms with Gasteiger partial charge in [0.15, 0.2) is 0 Å². The summed E-state index contributed by atoms with van der Waals surface area (Å²) in [4.78, 5) is 11.3. The number of carbonyl (C=O) groups excluding carboxylic acids is 1. The fraction of sp³-hybridized carbons (Fsp3) is 0.133. The average Bonchev–Trinajstić information content (AvgIpc) is 2.77. The molecule has 20 heavy (non-hydrogen) atoms. The predicted molar refractivity (Wildman–Crippen MR) is 82.0 cm³/mol. The number of halogens is 2. The molecule has 0 bridgehead atoms. The SMILES string of the molecule is O=C1Cc2cc(C(O)c3ccc(Cl)cc3Br)ccc2N1. The van der Waals surface area contributed by atoms with Crippen molar-refractivity contribution in [1.29, 1.82) is 0 Å². The van der Waals surface area contributed by atoms with Crippen LogP contribution in [0.3, 0.4) is 0 Å². The van der Waals surface area contributed by atoms with Crippen LogP contribution in [0.5, 0.6) is 0 Å². The van der Waals surface area contributed by atoms with E-state index in [9.17, 15) is 9.90 Å². The molecule has 1 aliphatic rings. The van der Waals surface area contributed by atoms with Crippen molar-refractivity contribution in [2.45, 2.75) is 12.5 Å². The molecule has 1 amide bonds. The highest BCUT2D eigenvalue weighted by Gasteiger charge is 2.20. The number of aliphatic hydroxyl groups is 1. The molecule has 0 fully saturated rings. The Hall–Kier alpha value is -1.36. The molecule has 0 saturated heterocycles. The summed E-state index contributed by atoms with van der Waals surface area (Å²) in [7, 11) is 0. The van der Waals surface area contributed by atoms with E-state index in [2.05, 4.69) is 21.2 Å². The molecular formula is C15H11BrClNO2. The van der Waals surface area contributed by atoms with Crippen LogP contribution in [0.1, 0.15) is 22.8 Å². The zero-order valence-electron chi connectivity index (χ0n) is 10.4. The second kappa shape index (κ2) is 5.20. The van der Waals surface area contributed by atoms with Gasteiger partial charge in [-0.15, -0.1) is 0 Å². The Kier molecular flexibility index (Phi) is 3.54. The summed E-state index contributed by atoms with van der Waals surface area (Å²) in [5.41, 5.74) is 3.23. The Labute approximate surface area is 129 Å². The summed E-state index contributed by atoms with van der Waals surface area (Å²) in [6.45, 7) is 0. The van der Waals surface area contributed by atoms with Gasteiger partial charge in [0.1, 0.15) is 6.10 Å². The first-order valence-electron chi connectivity index (χ1n) is 6.10. The van der Waals surface area contributed by atoms with Gasteiger partial charge in [-0.3, -0.25) is 4.79 Å². The van der Waals surface area contributed by atoms with E-state index < -0.39 is 6.10 Å². The van der Waals surface area contributed by atoms with Crippen LogP contribution >= 0.6 is 27.5 Å². The van der Waals surface area contributed by atoms with E-state index in [1.165, 1.54) is 0 Å². The molecular weight excluding hydrogens is 342 g/mol. The zero-order valence-corrected chi connectivity index (χ0v) is 12.7. The molecule has 2 aromatic carbocycles. The van der Waals surface area contributed by atoms with Gasteiger partial charge in [-0.1, -0.05) is 45.7 Å². The molecule has 1 atom stereocenters. The summed E-state index contributed by atoms with van der Waals surface area (Å²) in [5, 5.41) is 13.9. The third-order valence-electron chi connectivity index (χ3n) is 3.33. The van der Waals surface area contributed by atoms with E-state index in [-0.39, 0.29) is 5.91 Å². The van der Waals surface area contributed by atoms with E-state index in [4.69, 9.17) is 11.6 Å². The second-order valence-corrected chi connectivity index (χ2v) is 6.00. The van der Waals surface area contributed by atoms with Gasteiger partial charge in [-0.2, -0.15) is 0 Å². The molecule has 2 aromatic rings. The van der Waals surface area contributed by atoms with E-state index in [0.29, 0.717) is 11.4 Å². The van der Waals surface area contributed by atoms with Gasteiger partial charge in [0.25, 0.3) is 0 Å². The van der Waals surface area contributed by atoms with Gasteiger partial charge in [0.05, 0.1) is 6.42 Å². The smallest absolute Gasteiger partial charge is 0.228 e. The van der Waals surface area contributed by atoms with Crippen molar-refractivity contribution in [2.75, 3.05) is 5.32 Å². The lowest BCUT2D eigenvalue weighted by molar-refractivity contribution is -0.115. The van der Waals surface area contributed by atoms with E-state index in [1.54, 1.807) is 18.2 Å². The minimum Gasteiger partial charge on any atom is -0.384 e. The molecule has 0 saturated carbocycles. The Morgan fingerprint density at radius 3 is 2.80 bits per heavy atom. The van der Waals surface area contributed by atoms with Crippen molar-refractivity contribution in [1.82, 2.24) is 0 Å². The number of hydrogen-bond acceptors (Lipinski definition) is 2. The normalized spacial score (nSPS) is 14.8. The van der Waals surface area contributed by atoms with Crippen molar-refractivity contribution >= 4 is 39.1 Å². The van der Waals surface area contributed by atoms with Crippen LogP contribution in [0.15, 0.2) is 40.9 Å². The summed E-state index contributed by atoms with van der Waals surface area (Å²) in [6.07, 6.45) is -0.403. The lowest BCUT2D eigenvalue weighted by Crippen LogP contribution is -2.03. The minimum atomic E-state index is -0.761. The van der Waals surface area contributed by atoms with Crippen LogP contribution in [0.25, 0.3) is 0 Å². The molecule has 0 aliphatic carbocycles. The molecule has 1 heterocycles. The van der Waals surface area contributed by atoms with Crippen molar-refractivity contribution in [3.05, 3.63) is 62.6 Å². The number of hydrogen-bond donors (Lipinski definition) is 2. The number of carbonyl (C=O) groups is 1. The number of nitrogens with one attached hydrogen (secondary N) is 1. The highest BCUT2D eigenvalue weighted by Crippen LogP contribution is 2.33. The van der Waals surface area contributed by atoms with Gasteiger partial charge < -0.3 is 10.4 Å². The number of rotatable bonds is 2. The van der Waals surface area contributed by atoms with Crippen molar-refractivity contribution in [3.8, 4) is 0 Å². The van der Waals surface area contributed by atoms with Crippen molar-refractivity contribution in [3.63, 3.8) is 0 Å². The highest BCUT2D eigenvalue weighted by molar-refractivity contribution is 9.10. The maximum atomic E-state index is 11.3. The van der Waals surface area contributed by atoms with Crippen LogP contribution in [0, 0.1) is 0 Å². The molecule has 0 spiro atoms. The van der Waals surface area contributed by atoms with E-state index >= 15 is 0 Å². The van der Waals surface area contributed by atoms with Gasteiger partial charge >= 0.3 is 0 Å². The Morgan fingerprint density at radius 2 is 2.05 bits per heavy atom. The van der Waals surface area contributed by atoms with Crippen molar-refractivity contribution < 1.29 is 9.90 Å². The molecule has 0 aromatic heterocycles. The number of fused-ring (bicyclic) bond motifs is 1. The molecule has 102 valence electrons. The number of aliphatic hydroxyl groups excluding tert-OH is 1.